The fourth-order valence-electron chi connectivity index (χ4n) is 3.35. The van der Waals surface area contributed by atoms with E-state index < -0.39 is 21.6 Å². The molecule has 0 unspecified atom stereocenters. The Bertz CT molecular complexity index is 1070. The summed E-state index contributed by atoms with van der Waals surface area (Å²) in [6.07, 6.45) is 3.62. The molecular weight excluding hydrogens is 413 g/mol. The first kappa shape index (κ1) is 21.9. The number of halogens is 1. The molecule has 1 aliphatic rings. The summed E-state index contributed by atoms with van der Waals surface area (Å²) in [6, 6.07) is 2.53. The number of piperidine rings is 1. The minimum absolute atomic E-state index is 0.0164. The molecule has 11 heteroatoms. The Morgan fingerprint density at radius 3 is 2.53 bits per heavy atom. The van der Waals surface area contributed by atoms with Crippen LogP contribution in [0, 0.1) is 12.7 Å². The number of sulfonamides is 1. The van der Waals surface area contributed by atoms with Gasteiger partial charge in [0.15, 0.2) is 0 Å². The molecule has 0 atom stereocenters. The summed E-state index contributed by atoms with van der Waals surface area (Å²) in [5, 5.41) is 3.11. The summed E-state index contributed by atoms with van der Waals surface area (Å²) < 4.78 is 44.1. The van der Waals surface area contributed by atoms with Crippen LogP contribution in [0.4, 0.5) is 16.2 Å². The Kier molecular flexibility index (Phi) is 6.22. The van der Waals surface area contributed by atoms with Crippen molar-refractivity contribution in [2.24, 2.45) is 0 Å². The van der Waals surface area contributed by atoms with E-state index in [9.17, 15) is 17.6 Å². The number of methoxy groups -OCH3 is 1. The molecular formula is C19H24FN5O4S. The standard InChI is InChI=1S/C19H24FN5O4S/c1-11-8-15(20)13(9-16(11)29-2)17(26)14-10-22-19(24-18(14)21)23-12-4-6-25(7-5-12)30(3,27)28/h8-10,12H,4-7H2,1-3H3,(H3,21,22,23,24). The monoisotopic (exact) mass is 437 g/mol. The van der Waals surface area contributed by atoms with Gasteiger partial charge in [-0.1, -0.05) is 0 Å². The summed E-state index contributed by atoms with van der Waals surface area (Å²) in [5.41, 5.74) is 6.31. The molecule has 30 heavy (non-hydrogen) atoms. The highest BCUT2D eigenvalue weighted by Crippen LogP contribution is 2.25. The van der Waals surface area contributed by atoms with E-state index in [0.717, 1.165) is 0 Å². The van der Waals surface area contributed by atoms with Crippen LogP contribution in [0.15, 0.2) is 18.3 Å². The van der Waals surface area contributed by atoms with Crippen LogP contribution < -0.4 is 15.8 Å². The maximum atomic E-state index is 14.3. The molecule has 1 saturated heterocycles. The van der Waals surface area contributed by atoms with Gasteiger partial charge in [0.1, 0.15) is 17.4 Å². The van der Waals surface area contributed by atoms with E-state index in [-0.39, 0.29) is 28.9 Å². The summed E-state index contributed by atoms with van der Waals surface area (Å²) in [5.74, 6) is -0.791. The maximum absolute atomic E-state index is 14.3. The van der Waals surface area contributed by atoms with Crippen molar-refractivity contribution in [1.29, 1.82) is 0 Å². The first-order chi connectivity index (χ1) is 14.1. The smallest absolute Gasteiger partial charge is 0.224 e. The van der Waals surface area contributed by atoms with Crippen molar-refractivity contribution in [3.05, 3.63) is 40.8 Å². The van der Waals surface area contributed by atoms with Gasteiger partial charge >= 0.3 is 0 Å². The first-order valence-corrected chi connectivity index (χ1v) is 11.2. The van der Waals surface area contributed by atoms with Gasteiger partial charge in [0.2, 0.25) is 21.8 Å². The quantitative estimate of drug-likeness (QED) is 0.652. The lowest BCUT2D eigenvalue weighted by molar-refractivity contribution is 0.103. The second-order valence-corrected chi connectivity index (χ2v) is 9.19. The summed E-state index contributed by atoms with van der Waals surface area (Å²) >= 11 is 0. The third-order valence-electron chi connectivity index (χ3n) is 5.05. The van der Waals surface area contributed by atoms with Crippen molar-refractivity contribution in [3.63, 3.8) is 0 Å². The molecule has 0 amide bonds. The van der Waals surface area contributed by atoms with Crippen LogP contribution >= 0.6 is 0 Å². The molecule has 1 aliphatic heterocycles. The maximum Gasteiger partial charge on any atom is 0.224 e. The predicted octanol–water partition coefficient (Wildman–Crippen LogP) is 1.58. The summed E-state index contributed by atoms with van der Waals surface area (Å²) in [7, 11) is -1.77. The molecule has 2 heterocycles. The van der Waals surface area contributed by atoms with E-state index in [1.807, 2.05) is 0 Å². The Morgan fingerprint density at radius 2 is 1.97 bits per heavy atom. The number of carbonyl (C=O) groups excluding carboxylic acids is 1. The van der Waals surface area contributed by atoms with Crippen molar-refractivity contribution >= 4 is 27.6 Å². The minimum Gasteiger partial charge on any atom is -0.496 e. The number of hydrogen-bond donors (Lipinski definition) is 2. The Labute approximate surface area is 174 Å². The van der Waals surface area contributed by atoms with Crippen molar-refractivity contribution in [2.45, 2.75) is 25.8 Å². The summed E-state index contributed by atoms with van der Waals surface area (Å²) in [4.78, 5) is 21.0. The highest BCUT2D eigenvalue weighted by Gasteiger charge is 2.26. The van der Waals surface area contributed by atoms with E-state index in [2.05, 4.69) is 15.3 Å². The molecule has 1 aromatic heterocycles. The molecule has 3 N–H and O–H groups in total. The normalized spacial score (nSPS) is 15.7. The number of anilines is 2. The van der Waals surface area contributed by atoms with Gasteiger partial charge in [0.05, 0.1) is 24.5 Å². The number of nitrogens with one attached hydrogen (secondary N) is 1. The zero-order chi connectivity index (χ0) is 22.1. The van der Waals surface area contributed by atoms with Gasteiger partial charge in [0, 0.05) is 25.3 Å². The van der Waals surface area contributed by atoms with Crippen LogP contribution in [0.1, 0.15) is 34.3 Å². The highest BCUT2D eigenvalue weighted by atomic mass is 32.2. The Morgan fingerprint density at radius 1 is 1.30 bits per heavy atom. The van der Waals surface area contributed by atoms with Crippen LogP contribution in [0.5, 0.6) is 5.75 Å². The van der Waals surface area contributed by atoms with Gasteiger partial charge in [-0.2, -0.15) is 4.98 Å². The lowest BCUT2D eigenvalue weighted by Crippen LogP contribution is -2.42. The number of rotatable bonds is 6. The zero-order valence-corrected chi connectivity index (χ0v) is 17.8. The third-order valence-corrected chi connectivity index (χ3v) is 6.35. The van der Waals surface area contributed by atoms with E-state index in [4.69, 9.17) is 10.5 Å². The molecule has 1 fully saturated rings. The lowest BCUT2D eigenvalue weighted by atomic mass is 10.0. The number of hydrogen-bond acceptors (Lipinski definition) is 8. The number of aryl methyl sites for hydroxylation is 1. The molecule has 0 radical (unpaired) electrons. The Balaban J connectivity index is 1.74. The number of ether oxygens (including phenoxy) is 1. The van der Waals surface area contributed by atoms with Gasteiger partial charge in [-0.25, -0.2) is 22.1 Å². The first-order valence-electron chi connectivity index (χ1n) is 9.33. The second kappa shape index (κ2) is 8.52. The number of benzene rings is 1. The number of nitrogens with two attached hydrogens (primary N) is 1. The van der Waals surface area contributed by atoms with Crippen LogP contribution in [0.2, 0.25) is 0 Å². The molecule has 3 rings (SSSR count). The second-order valence-electron chi connectivity index (χ2n) is 7.20. The largest absolute Gasteiger partial charge is 0.496 e. The van der Waals surface area contributed by atoms with Crippen molar-refractivity contribution in [2.75, 3.05) is 37.5 Å². The van der Waals surface area contributed by atoms with Crippen LogP contribution in [-0.2, 0) is 10.0 Å². The zero-order valence-electron chi connectivity index (χ0n) is 17.0. The highest BCUT2D eigenvalue weighted by molar-refractivity contribution is 7.88. The van der Waals surface area contributed by atoms with Crippen LogP contribution in [0.25, 0.3) is 0 Å². The molecule has 2 aromatic rings. The number of carbonyl (C=O) groups is 1. The topological polar surface area (TPSA) is 128 Å². The fraction of sp³-hybridized carbons (Fsp3) is 0.421. The average Bonchev–Trinajstić information content (AvgIpc) is 2.67. The minimum atomic E-state index is -3.20. The molecule has 0 aliphatic carbocycles. The summed E-state index contributed by atoms with van der Waals surface area (Å²) in [6.45, 7) is 2.47. The van der Waals surface area contributed by atoms with Gasteiger partial charge in [-0.15, -0.1) is 0 Å². The van der Waals surface area contributed by atoms with Crippen molar-refractivity contribution < 1.29 is 22.3 Å². The molecule has 0 saturated carbocycles. The average molecular weight is 437 g/mol. The molecule has 1 aromatic carbocycles. The van der Waals surface area contributed by atoms with E-state index in [1.165, 1.54) is 36.0 Å². The van der Waals surface area contributed by atoms with Gasteiger partial charge < -0.3 is 15.8 Å². The van der Waals surface area contributed by atoms with Crippen molar-refractivity contribution in [3.8, 4) is 5.75 Å². The number of nitrogens with zero attached hydrogens (tertiary/aromatic N) is 3. The molecule has 9 nitrogen and oxygen atoms in total. The number of nitrogen functional groups attached to an aromatic ring is 1. The van der Waals surface area contributed by atoms with E-state index in [1.54, 1.807) is 6.92 Å². The van der Waals surface area contributed by atoms with Crippen LogP contribution in [-0.4, -0.2) is 61.0 Å². The van der Waals surface area contributed by atoms with Crippen molar-refractivity contribution in [1.82, 2.24) is 14.3 Å². The van der Waals surface area contributed by atoms with E-state index >= 15 is 0 Å². The fourth-order valence-corrected chi connectivity index (χ4v) is 4.22. The molecule has 162 valence electrons. The number of ketones is 1. The van der Waals surface area contributed by atoms with Gasteiger partial charge in [0.25, 0.3) is 0 Å². The van der Waals surface area contributed by atoms with E-state index in [0.29, 0.717) is 37.2 Å². The van der Waals surface area contributed by atoms with Gasteiger partial charge in [-0.05, 0) is 37.5 Å². The predicted molar refractivity (Wildman–Crippen MR) is 111 cm³/mol. The van der Waals surface area contributed by atoms with Gasteiger partial charge in [-0.3, -0.25) is 4.79 Å². The van der Waals surface area contributed by atoms with Crippen LogP contribution in [0.3, 0.4) is 0 Å². The third kappa shape index (κ3) is 4.68. The Hall–Kier alpha value is -2.79. The number of aromatic nitrogens is 2. The lowest BCUT2D eigenvalue weighted by Gasteiger charge is -2.30. The molecule has 0 spiro atoms. The SMILES string of the molecule is COc1cc(C(=O)c2cnc(NC3CCN(S(C)(=O)=O)CC3)nc2N)c(F)cc1C. The molecule has 0 bridgehead atoms.